The summed E-state index contributed by atoms with van der Waals surface area (Å²) in [6, 6.07) is 13.0. The summed E-state index contributed by atoms with van der Waals surface area (Å²) >= 11 is 0. The molecule has 0 aliphatic rings. The molecule has 4 heteroatoms. The Hall–Kier alpha value is -1.55. The van der Waals surface area contributed by atoms with Crippen molar-refractivity contribution in [2.45, 2.75) is 19.8 Å². The second-order valence-corrected chi connectivity index (χ2v) is 5.87. The summed E-state index contributed by atoms with van der Waals surface area (Å²) in [7, 11) is -3.49. The minimum absolute atomic E-state index is 0.0622. The Morgan fingerprint density at radius 3 is 2.56 bits per heavy atom. The lowest BCUT2D eigenvalue weighted by Gasteiger charge is -2.09. The Kier molecular flexibility index (Phi) is 3.87. The van der Waals surface area contributed by atoms with Crippen LogP contribution < -0.4 is 4.18 Å². The average Bonchev–Trinajstić information content (AvgIpc) is 2.37. The summed E-state index contributed by atoms with van der Waals surface area (Å²) in [4.78, 5) is 0. The minimum Gasteiger partial charge on any atom is -0.382 e. The van der Waals surface area contributed by atoms with Crippen LogP contribution in [-0.4, -0.2) is 14.2 Å². The molecule has 2 rings (SSSR count). The third-order valence-corrected chi connectivity index (χ3v) is 3.94. The topological polar surface area (TPSA) is 43.4 Å². The molecule has 96 valence electrons. The first-order chi connectivity index (χ1) is 8.62. The molecule has 0 fully saturated rings. The first-order valence-electron chi connectivity index (χ1n) is 6.02. The molecular weight excluding hydrogens is 248 g/mol. The van der Waals surface area contributed by atoms with E-state index in [0.29, 0.717) is 12.2 Å². The van der Waals surface area contributed by atoms with Crippen LogP contribution in [0.2, 0.25) is 0 Å². The molecule has 0 radical (unpaired) electrons. The highest BCUT2D eigenvalue weighted by Gasteiger charge is 2.13. The van der Waals surface area contributed by atoms with Crippen LogP contribution in [0, 0.1) is 0 Å². The fraction of sp³-hybridized carbons (Fsp3) is 0.286. The van der Waals surface area contributed by atoms with Gasteiger partial charge >= 0.3 is 10.1 Å². The van der Waals surface area contributed by atoms with Crippen LogP contribution in [-0.2, 0) is 10.1 Å². The van der Waals surface area contributed by atoms with Crippen molar-refractivity contribution < 1.29 is 12.6 Å². The highest BCUT2D eigenvalue weighted by atomic mass is 32.2. The predicted molar refractivity (Wildman–Crippen MR) is 73.3 cm³/mol. The molecule has 0 aromatic heterocycles. The standard InChI is InChI=1S/C14H16O3S/c1-2-3-11-18(15,16)17-14-10-6-8-12-7-4-5-9-13(12)14/h4-10H,2-3,11H2,1H3. The summed E-state index contributed by atoms with van der Waals surface area (Å²) < 4.78 is 28.8. The van der Waals surface area contributed by atoms with Crippen LogP contribution in [0.5, 0.6) is 5.75 Å². The largest absolute Gasteiger partial charge is 0.382 e. The van der Waals surface area contributed by atoms with Crippen LogP contribution in [0.4, 0.5) is 0 Å². The number of unbranched alkanes of at least 4 members (excludes halogenated alkanes) is 1. The van der Waals surface area contributed by atoms with Crippen molar-refractivity contribution >= 4 is 20.9 Å². The van der Waals surface area contributed by atoms with Gasteiger partial charge in [0.1, 0.15) is 5.75 Å². The van der Waals surface area contributed by atoms with E-state index in [4.69, 9.17) is 4.18 Å². The van der Waals surface area contributed by atoms with Gasteiger partial charge < -0.3 is 4.18 Å². The molecular formula is C14H16O3S. The van der Waals surface area contributed by atoms with Crippen LogP contribution >= 0.6 is 0 Å². The summed E-state index contributed by atoms with van der Waals surface area (Å²) in [5.74, 6) is 0.469. The van der Waals surface area contributed by atoms with Gasteiger partial charge in [-0.3, -0.25) is 0 Å². The second-order valence-electron chi connectivity index (χ2n) is 4.18. The maximum absolute atomic E-state index is 11.8. The SMILES string of the molecule is CCCCS(=O)(=O)Oc1cccc2ccccc12. The van der Waals surface area contributed by atoms with Crippen LogP contribution in [0.3, 0.4) is 0 Å². The molecule has 3 nitrogen and oxygen atoms in total. The first kappa shape index (κ1) is 12.9. The van der Waals surface area contributed by atoms with Crippen molar-refractivity contribution in [1.29, 1.82) is 0 Å². The second kappa shape index (κ2) is 5.40. The van der Waals surface area contributed by atoms with Gasteiger partial charge in [-0.05, 0) is 17.9 Å². The van der Waals surface area contributed by atoms with Gasteiger partial charge in [0.15, 0.2) is 0 Å². The average molecular weight is 264 g/mol. The number of benzene rings is 2. The maximum Gasteiger partial charge on any atom is 0.309 e. The molecule has 0 saturated carbocycles. The van der Waals surface area contributed by atoms with Gasteiger partial charge in [-0.15, -0.1) is 0 Å². The van der Waals surface area contributed by atoms with Crippen LogP contribution in [0.25, 0.3) is 10.8 Å². The lowest BCUT2D eigenvalue weighted by Crippen LogP contribution is -2.13. The summed E-state index contributed by atoms with van der Waals surface area (Å²) in [6.45, 7) is 1.95. The molecule has 0 spiro atoms. The van der Waals surface area contributed by atoms with Gasteiger partial charge in [0, 0.05) is 5.39 Å². The smallest absolute Gasteiger partial charge is 0.309 e. The molecule has 0 aliphatic heterocycles. The van der Waals surface area contributed by atoms with Gasteiger partial charge in [0.2, 0.25) is 0 Å². The van der Waals surface area contributed by atoms with E-state index in [1.807, 2.05) is 37.3 Å². The van der Waals surface area contributed by atoms with E-state index in [-0.39, 0.29) is 5.75 Å². The minimum atomic E-state index is -3.49. The van der Waals surface area contributed by atoms with Crippen molar-refractivity contribution in [3.8, 4) is 5.75 Å². The van der Waals surface area contributed by atoms with Crippen LogP contribution in [0.1, 0.15) is 19.8 Å². The quantitative estimate of drug-likeness (QED) is 0.778. The zero-order valence-electron chi connectivity index (χ0n) is 10.3. The molecule has 18 heavy (non-hydrogen) atoms. The summed E-state index contributed by atoms with van der Waals surface area (Å²) in [6.07, 6.45) is 1.45. The third-order valence-electron chi connectivity index (χ3n) is 2.71. The Morgan fingerprint density at radius 1 is 1.06 bits per heavy atom. The van der Waals surface area contributed by atoms with Gasteiger partial charge in [-0.1, -0.05) is 49.7 Å². The van der Waals surface area contributed by atoms with Gasteiger partial charge in [-0.25, -0.2) is 0 Å². The fourth-order valence-electron chi connectivity index (χ4n) is 1.77. The Balaban J connectivity index is 2.32. The van der Waals surface area contributed by atoms with Gasteiger partial charge in [0.25, 0.3) is 0 Å². The van der Waals surface area contributed by atoms with E-state index in [2.05, 4.69) is 0 Å². The molecule has 0 bridgehead atoms. The molecule has 0 aliphatic carbocycles. The molecule has 0 N–H and O–H groups in total. The van der Waals surface area contributed by atoms with Crippen molar-refractivity contribution in [1.82, 2.24) is 0 Å². The molecule has 2 aromatic rings. The zero-order valence-corrected chi connectivity index (χ0v) is 11.1. The number of hydrogen-bond donors (Lipinski definition) is 0. The van der Waals surface area contributed by atoms with Crippen molar-refractivity contribution in [3.05, 3.63) is 42.5 Å². The Morgan fingerprint density at radius 2 is 1.78 bits per heavy atom. The van der Waals surface area contributed by atoms with E-state index in [1.165, 1.54) is 0 Å². The highest BCUT2D eigenvalue weighted by Crippen LogP contribution is 2.26. The van der Waals surface area contributed by atoms with E-state index < -0.39 is 10.1 Å². The number of rotatable bonds is 5. The fourth-order valence-corrected chi connectivity index (χ4v) is 2.91. The molecule has 0 atom stereocenters. The van der Waals surface area contributed by atoms with Crippen LogP contribution in [0.15, 0.2) is 42.5 Å². The molecule has 0 saturated heterocycles. The number of hydrogen-bond acceptors (Lipinski definition) is 3. The lowest BCUT2D eigenvalue weighted by molar-refractivity contribution is 0.486. The normalized spacial score (nSPS) is 11.6. The summed E-state index contributed by atoms with van der Waals surface area (Å²) in [5.41, 5.74) is 0. The van der Waals surface area contributed by atoms with Gasteiger partial charge in [-0.2, -0.15) is 8.42 Å². The Labute approximate surface area is 108 Å². The van der Waals surface area contributed by atoms with E-state index in [1.54, 1.807) is 12.1 Å². The van der Waals surface area contributed by atoms with E-state index in [9.17, 15) is 8.42 Å². The van der Waals surface area contributed by atoms with Crippen molar-refractivity contribution in [2.24, 2.45) is 0 Å². The maximum atomic E-state index is 11.8. The zero-order chi connectivity index (χ0) is 13.0. The molecule has 0 unspecified atom stereocenters. The molecule has 0 heterocycles. The highest BCUT2D eigenvalue weighted by molar-refractivity contribution is 7.87. The Bertz CT molecular complexity index is 627. The van der Waals surface area contributed by atoms with E-state index >= 15 is 0 Å². The van der Waals surface area contributed by atoms with Crippen molar-refractivity contribution in [2.75, 3.05) is 5.75 Å². The van der Waals surface area contributed by atoms with E-state index in [0.717, 1.165) is 17.2 Å². The molecule has 2 aromatic carbocycles. The third kappa shape index (κ3) is 3.01. The first-order valence-corrected chi connectivity index (χ1v) is 7.60. The van der Waals surface area contributed by atoms with Crippen molar-refractivity contribution in [3.63, 3.8) is 0 Å². The lowest BCUT2D eigenvalue weighted by atomic mass is 10.1. The molecule has 0 amide bonds. The summed E-state index contributed by atoms with van der Waals surface area (Å²) in [5, 5.41) is 1.79. The predicted octanol–water partition coefficient (Wildman–Crippen LogP) is 3.35. The monoisotopic (exact) mass is 264 g/mol. The number of fused-ring (bicyclic) bond motifs is 1. The van der Waals surface area contributed by atoms with Gasteiger partial charge in [0.05, 0.1) is 5.75 Å².